The van der Waals surface area contributed by atoms with E-state index in [1.807, 2.05) is 6.08 Å². The summed E-state index contributed by atoms with van der Waals surface area (Å²) in [4.78, 5) is 19.7. The summed E-state index contributed by atoms with van der Waals surface area (Å²) < 4.78 is 0. The van der Waals surface area contributed by atoms with Crippen LogP contribution in [0.4, 0.5) is 0 Å². The molecule has 5 unspecified atom stereocenters. The van der Waals surface area contributed by atoms with Crippen LogP contribution in [0.25, 0.3) is 4.85 Å². The first-order valence-electron chi connectivity index (χ1n) is 10.3. The van der Waals surface area contributed by atoms with Crippen molar-refractivity contribution in [1.82, 2.24) is 0 Å². The van der Waals surface area contributed by atoms with Crippen LogP contribution in [0.3, 0.4) is 0 Å². The van der Waals surface area contributed by atoms with E-state index in [4.69, 9.17) is 6.57 Å². The van der Waals surface area contributed by atoms with E-state index in [1.54, 1.807) is 0 Å². The van der Waals surface area contributed by atoms with Gasteiger partial charge in [-0.1, -0.05) is 13.8 Å². The van der Waals surface area contributed by atoms with Gasteiger partial charge in [-0.05, 0) is 81.0 Å². The van der Waals surface area contributed by atoms with Crippen molar-refractivity contribution in [2.24, 2.45) is 52.3 Å². The molecule has 0 aromatic carbocycles. The van der Waals surface area contributed by atoms with E-state index in [0.29, 0.717) is 29.6 Å². The molecule has 3 heteroatoms. The first kappa shape index (κ1) is 17.3. The highest BCUT2D eigenvalue weighted by molar-refractivity contribution is 5.35. The Hall–Kier alpha value is -1.13. The van der Waals surface area contributed by atoms with Gasteiger partial charge in [0, 0.05) is 18.8 Å². The summed E-state index contributed by atoms with van der Waals surface area (Å²) in [5, 5.41) is 0. The lowest BCUT2D eigenvalue weighted by atomic mass is 9.40. The zero-order valence-electron chi connectivity index (χ0n) is 16.2. The quantitative estimate of drug-likeness (QED) is 0.370. The Labute approximate surface area is 152 Å². The number of rotatable bonds is 1. The zero-order chi connectivity index (χ0) is 18.0. The van der Waals surface area contributed by atoms with Crippen molar-refractivity contribution in [3.63, 3.8) is 0 Å². The number of hydrogen-bond acceptors (Lipinski definition) is 2. The van der Waals surface area contributed by atoms with Crippen molar-refractivity contribution >= 4 is 6.08 Å². The SMILES string of the molecule is [C-]#[N+][C@]1(C)C(C)C[C@@H]2CC(C)C3CC[C@](C)(N=C=O)C4CC[C@H]1C2[C@H]34. The van der Waals surface area contributed by atoms with Crippen LogP contribution in [0.5, 0.6) is 0 Å². The zero-order valence-corrected chi connectivity index (χ0v) is 16.2. The minimum atomic E-state index is -0.215. The number of isocyanates is 1. The molecule has 0 N–H and O–H groups in total. The first-order chi connectivity index (χ1) is 11.9. The molecule has 0 aliphatic heterocycles. The predicted octanol–water partition coefficient (Wildman–Crippen LogP) is 5.12. The van der Waals surface area contributed by atoms with Crippen molar-refractivity contribution in [2.45, 2.75) is 77.3 Å². The largest absolute Gasteiger partial charge is 0.310 e. The van der Waals surface area contributed by atoms with Gasteiger partial charge in [-0.3, -0.25) is 0 Å². The fourth-order valence-corrected chi connectivity index (χ4v) is 7.97. The fraction of sp³-hybridized carbons (Fsp3) is 0.909. The lowest BCUT2D eigenvalue weighted by molar-refractivity contribution is -0.143. The monoisotopic (exact) mass is 340 g/mol. The maximum atomic E-state index is 11.1. The standard InChI is InChI=1S/C22H32N2O/c1-13-10-15-11-14(2)22(4,23-5)18-7-6-17-20(19(15)18)16(13)8-9-21(17,3)24-12-25/h13-20H,6-11H2,1-4H3/t13?,14?,15-,16?,17?,18-,19?,20+,21-,22+/m0/s1. The summed E-state index contributed by atoms with van der Waals surface area (Å²) in [7, 11) is 0. The Morgan fingerprint density at radius 1 is 1.08 bits per heavy atom. The van der Waals surface area contributed by atoms with Crippen LogP contribution in [-0.4, -0.2) is 17.2 Å². The number of nitrogens with zero attached hydrogens (tertiary/aromatic N) is 2. The molecule has 0 bridgehead atoms. The van der Waals surface area contributed by atoms with E-state index in [1.165, 1.54) is 19.3 Å². The van der Waals surface area contributed by atoms with Gasteiger partial charge in [0.1, 0.15) is 0 Å². The lowest BCUT2D eigenvalue weighted by Gasteiger charge is -2.64. The molecule has 4 aliphatic carbocycles. The molecule has 0 radical (unpaired) electrons. The van der Waals surface area contributed by atoms with E-state index in [-0.39, 0.29) is 11.1 Å². The van der Waals surface area contributed by atoms with Gasteiger partial charge in [-0.2, -0.15) is 4.99 Å². The molecule has 4 aliphatic rings. The molecule has 136 valence electrons. The average molecular weight is 341 g/mol. The second-order valence-corrected chi connectivity index (χ2v) is 10.2. The topological polar surface area (TPSA) is 33.8 Å². The predicted molar refractivity (Wildman–Crippen MR) is 98.5 cm³/mol. The molecular formula is C22H32N2O. The second-order valence-electron chi connectivity index (χ2n) is 10.2. The average Bonchev–Trinajstić information content (AvgIpc) is 2.58. The lowest BCUT2D eigenvalue weighted by Crippen LogP contribution is -2.63. The Morgan fingerprint density at radius 3 is 2.48 bits per heavy atom. The smallest absolute Gasteiger partial charge is 0.235 e. The van der Waals surface area contributed by atoms with Gasteiger partial charge >= 0.3 is 0 Å². The molecule has 0 aromatic heterocycles. The maximum Gasteiger partial charge on any atom is 0.235 e. The molecular weight excluding hydrogens is 308 g/mol. The van der Waals surface area contributed by atoms with Crippen molar-refractivity contribution in [3.8, 4) is 0 Å². The molecule has 25 heavy (non-hydrogen) atoms. The molecule has 4 rings (SSSR count). The van der Waals surface area contributed by atoms with E-state index in [0.717, 1.165) is 37.0 Å². The molecule has 4 fully saturated rings. The van der Waals surface area contributed by atoms with Crippen LogP contribution in [0.1, 0.15) is 66.2 Å². The van der Waals surface area contributed by atoms with Crippen LogP contribution >= 0.6 is 0 Å². The highest BCUT2D eigenvalue weighted by Crippen LogP contribution is 2.66. The van der Waals surface area contributed by atoms with Crippen molar-refractivity contribution in [2.75, 3.05) is 0 Å². The van der Waals surface area contributed by atoms with E-state index in [2.05, 4.69) is 37.5 Å². The van der Waals surface area contributed by atoms with Gasteiger partial charge in [0.25, 0.3) is 0 Å². The van der Waals surface area contributed by atoms with Gasteiger partial charge < -0.3 is 4.85 Å². The third-order valence-corrected chi connectivity index (χ3v) is 9.34. The molecule has 0 heterocycles. The first-order valence-corrected chi connectivity index (χ1v) is 10.3. The van der Waals surface area contributed by atoms with Crippen LogP contribution in [0, 0.1) is 53.9 Å². The van der Waals surface area contributed by atoms with Gasteiger partial charge in [0.05, 0.1) is 5.54 Å². The number of hydrogen-bond donors (Lipinski definition) is 0. The number of aliphatic imine (C=N–C) groups is 1. The summed E-state index contributed by atoms with van der Waals surface area (Å²) in [6, 6.07) is 0. The molecule has 4 saturated carbocycles. The maximum absolute atomic E-state index is 11.1. The Morgan fingerprint density at radius 2 is 1.80 bits per heavy atom. The highest BCUT2D eigenvalue weighted by Gasteiger charge is 2.65. The van der Waals surface area contributed by atoms with Crippen molar-refractivity contribution < 1.29 is 4.79 Å². The number of carbonyl (C=O) groups excluding carboxylic acids is 1. The van der Waals surface area contributed by atoms with E-state index < -0.39 is 0 Å². The van der Waals surface area contributed by atoms with Gasteiger partial charge in [0.2, 0.25) is 11.6 Å². The van der Waals surface area contributed by atoms with Crippen molar-refractivity contribution in [3.05, 3.63) is 11.4 Å². The van der Waals surface area contributed by atoms with Crippen LogP contribution < -0.4 is 0 Å². The Bertz CT molecular complexity index is 647. The Balaban J connectivity index is 1.79. The molecule has 0 aromatic rings. The van der Waals surface area contributed by atoms with Crippen molar-refractivity contribution in [1.29, 1.82) is 0 Å². The summed E-state index contributed by atoms with van der Waals surface area (Å²) >= 11 is 0. The van der Waals surface area contributed by atoms with E-state index in [9.17, 15) is 4.79 Å². The van der Waals surface area contributed by atoms with Gasteiger partial charge in [0.15, 0.2) is 0 Å². The normalized spacial score (nSPS) is 56.9. The summed E-state index contributed by atoms with van der Waals surface area (Å²) in [6.45, 7) is 17.2. The molecule has 3 nitrogen and oxygen atoms in total. The molecule has 0 spiro atoms. The molecule has 0 saturated heterocycles. The molecule has 10 atom stereocenters. The highest BCUT2D eigenvalue weighted by atomic mass is 16.1. The Kier molecular flexibility index (Phi) is 3.93. The second kappa shape index (κ2) is 5.68. The minimum Gasteiger partial charge on any atom is -0.310 e. The van der Waals surface area contributed by atoms with E-state index >= 15 is 0 Å². The third kappa shape index (κ3) is 2.23. The minimum absolute atomic E-state index is 0.195. The summed E-state index contributed by atoms with van der Waals surface area (Å²) in [6.07, 6.45) is 8.99. The fourth-order valence-electron chi connectivity index (χ4n) is 7.97. The summed E-state index contributed by atoms with van der Waals surface area (Å²) in [5.41, 5.74) is -0.411. The van der Waals surface area contributed by atoms with Gasteiger partial charge in [-0.15, -0.1) is 0 Å². The van der Waals surface area contributed by atoms with Gasteiger partial charge in [-0.25, -0.2) is 11.4 Å². The summed E-state index contributed by atoms with van der Waals surface area (Å²) in [5.74, 6) is 5.22. The third-order valence-electron chi connectivity index (χ3n) is 9.34. The molecule has 0 amide bonds. The van der Waals surface area contributed by atoms with Crippen LogP contribution in [0.15, 0.2) is 4.99 Å². The van der Waals surface area contributed by atoms with Crippen LogP contribution in [-0.2, 0) is 4.79 Å². The van der Waals surface area contributed by atoms with Crippen LogP contribution in [0.2, 0.25) is 0 Å².